The molecule has 0 radical (unpaired) electrons. The molecule has 0 amide bonds. The monoisotopic (exact) mass is 228 g/mol. The molecule has 0 saturated heterocycles. The molecule has 0 aliphatic rings. The van der Waals surface area contributed by atoms with Gasteiger partial charge < -0.3 is 10.6 Å². The van der Waals surface area contributed by atoms with Gasteiger partial charge in [0, 0.05) is 24.6 Å². The van der Waals surface area contributed by atoms with Crippen molar-refractivity contribution in [3.63, 3.8) is 0 Å². The minimum Gasteiger partial charge on any atom is -0.381 e. The number of nitrogens with zero attached hydrogens (tertiary/aromatic N) is 3. The second-order valence-corrected chi connectivity index (χ2v) is 3.84. The number of rotatable bonds is 3. The average Bonchev–Trinajstić information content (AvgIpc) is 2.35. The fraction of sp³-hybridized carbons (Fsp3) is 0.231. The summed E-state index contributed by atoms with van der Waals surface area (Å²) in [5.41, 5.74) is 8.16. The van der Waals surface area contributed by atoms with Gasteiger partial charge in [-0.15, -0.1) is 0 Å². The molecule has 88 valence electrons. The lowest BCUT2D eigenvalue weighted by molar-refractivity contribution is 0.980. The molecule has 1 heterocycles. The summed E-state index contributed by atoms with van der Waals surface area (Å²) in [6, 6.07) is 8.27. The zero-order valence-corrected chi connectivity index (χ0v) is 10.1. The zero-order chi connectivity index (χ0) is 12.3. The van der Waals surface area contributed by atoms with E-state index in [4.69, 9.17) is 5.73 Å². The van der Waals surface area contributed by atoms with E-state index in [0.29, 0.717) is 11.6 Å². The molecule has 2 N–H and O–H groups in total. The lowest BCUT2D eigenvalue weighted by Crippen LogP contribution is -2.19. The normalized spacial score (nSPS) is 10.2. The highest BCUT2D eigenvalue weighted by Gasteiger charge is 2.11. The van der Waals surface area contributed by atoms with E-state index in [1.54, 1.807) is 12.4 Å². The average molecular weight is 228 g/mol. The van der Waals surface area contributed by atoms with E-state index in [2.05, 4.69) is 48.1 Å². The molecule has 0 aliphatic heterocycles. The first kappa shape index (κ1) is 11.4. The van der Waals surface area contributed by atoms with E-state index in [0.717, 1.165) is 12.2 Å². The Balaban J connectivity index is 2.40. The summed E-state index contributed by atoms with van der Waals surface area (Å²) in [4.78, 5) is 10.4. The molecule has 0 fully saturated rings. The minimum absolute atomic E-state index is 0.454. The van der Waals surface area contributed by atoms with E-state index in [-0.39, 0.29) is 0 Å². The fourth-order valence-corrected chi connectivity index (χ4v) is 1.73. The first-order chi connectivity index (χ1) is 8.22. The maximum Gasteiger partial charge on any atom is 0.176 e. The molecule has 0 aliphatic carbocycles. The summed E-state index contributed by atoms with van der Waals surface area (Å²) in [6.45, 7) is 4.93. The lowest BCUT2D eigenvalue weighted by atomic mass is 10.2. The Bertz CT molecular complexity index is 493. The molecule has 17 heavy (non-hydrogen) atoms. The van der Waals surface area contributed by atoms with Gasteiger partial charge in [0.15, 0.2) is 11.6 Å². The SMILES string of the molecule is CCN(c1ccc(C)cc1)c1nccnc1N. The fourth-order valence-electron chi connectivity index (χ4n) is 1.73. The van der Waals surface area contributed by atoms with E-state index < -0.39 is 0 Å². The van der Waals surface area contributed by atoms with Gasteiger partial charge in [-0.25, -0.2) is 9.97 Å². The summed E-state index contributed by atoms with van der Waals surface area (Å²) in [5.74, 6) is 1.16. The Morgan fingerprint density at radius 2 is 1.76 bits per heavy atom. The van der Waals surface area contributed by atoms with Crippen molar-refractivity contribution in [2.45, 2.75) is 13.8 Å². The Labute approximate surface area is 101 Å². The molecule has 1 aromatic carbocycles. The van der Waals surface area contributed by atoms with E-state index >= 15 is 0 Å². The number of nitrogens with two attached hydrogens (primary N) is 1. The molecule has 0 saturated carbocycles. The van der Waals surface area contributed by atoms with E-state index in [9.17, 15) is 0 Å². The van der Waals surface area contributed by atoms with Crippen LogP contribution in [0.5, 0.6) is 0 Å². The van der Waals surface area contributed by atoms with E-state index in [1.807, 2.05) is 4.90 Å². The molecule has 2 rings (SSSR count). The Morgan fingerprint density at radius 1 is 1.12 bits per heavy atom. The summed E-state index contributed by atoms with van der Waals surface area (Å²) in [5, 5.41) is 0. The van der Waals surface area contributed by atoms with Crippen molar-refractivity contribution < 1.29 is 0 Å². The van der Waals surface area contributed by atoms with Crippen molar-refractivity contribution in [2.75, 3.05) is 17.2 Å². The Morgan fingerprint density at radius 3 is 2.35 bits per heavy atom. The summed E-state index contributed by atoms with van der Waals surface area (Å²) in [6.07, 6.45) is 3.25. The standard InChI is InChI=1S/C13H16N4/c1-3-17(11-6-4-10(2)5-7-11)13-12(14)15-8-9-16-13/h4-9H,3H2,1-2H3,(H2,14,15). The van der Waals surface area contributed by atoms with Crippen molar-refractivity contribution in [2.24, 2.45) is 0 Å². The maximum atomic E-state index is 5.85. The number of nitrogen functional groups attached to an aromatic ring is 1. The smallest absolute Gasteiger partial charge is 0.176 e. The van der Waals surface area contributed by atoms with Gasteiger partial charge in [0.25, 0.3) is 0 Å². The van der Waals surface area contributed by atoms with Crippen LogP contribution in [0.25, 0.3) is 0 Å². The van der Waals surface area contributed by atoms with Gasteiger partial charge in [-0.3, -0.25) is 0 Å². The molecular formula is C13H16N4. The highest BCUT2D eigenvalue weighted by atomic mass is 15.2. The second kappa shape index (κ2) is 4.82. The van der Waals surface area contributed by atoms with Gasteiger partial charge >= 0.3 is 0 Å². The van der Waals surface area contributed by atoms with Crippen molar-refractivity contribution in [1.82, 2.24) is 9.97 Å². The number of aryl methyl sites for hydroxylation is 1. The molecular weight excluding hydrogens is 212 g/mol. The van der Waals surface area contributed by atoms with Crippen LogP contribution in [-0.4, -0.2) is 16.5 Å². The number of aromatic nitrogens is 2. The van der Waals surface area contributed by atoms with Crippen LogP contribution in [0.4, 0.5) is 17.3 Å². The molecule has 0 spiro atoms. The molecule has 0 unspecified atom stereocenters. The lowest BCUT2D eigenvalue weighted by Gasteiger charge is -2.22. The number of benzene rings is 1. The first-order valence-corrected chi connectivity index (χ1v) is 5.63. The molecule has 0 atom stereocenters. The topological polar surface area (TPSA) is 55.0 Å². The molecule has 0 bridgehead atoms. The van der Waals surface area contributed by atoms with Crippen LogP contribution < -0.4 is 10.6 Å². The van der Waals surface area contributed by atoms with Gasteiger partial charge in [-0.1, -0.05) is 17.7 Å². The van der Waals surface area contributed by atoms with Gasteiger partial charge in [0.2, 0.25) is 0 Å². The molecule has 4 heteroatoms. The van der Waals surface area contributed by atoms with Gasteiger partial charge in [0.1, 0.15) is 0 Å². The van der Waals surface area contributed by atoms with Crippen LogP contribution in [0, 0.1) is 6.92 Å². The van der Waals surface area contributed by atoms with Crippen LogP contribution in [0.1, 0.15) is 12.5 Å². The number of hydrogen-bond donors (Lipinski definition) is 1. The molecule has 2 aromatic rings. The van der Waals surface area contributed by atoms with E-state index in [1.165, 1.54) is 5.56 Å². The number of hydrogen-bond acceptors (Lipinski definition) is 4. The van der Waals surface area contributed by atoms with Gasteiger partial charge in [0.05, 0.1) is 0 Å². The maximum absolute atomic E-state index is 5.85. The third-order valence-corrected chi connectivity index (χ3v) is 2.62. The predicted octanol–water partition coefficient (Wildman–Crippen LogP) is 2.53. The first-order valence-electron chi connectivity index (χ1n) is 5.63. The second-order valence-electron chi connectivity index (χ2n) is 3.84. The van der Waals surface area contributed by atoms with Crippen molar-refractivity contribution in [3.05, 3.63) is 42.2 Å². The van der Waals surface area contributed by atoms with Gasteiger partial charge in [-0.05, 0) is 26.0 Å². The summed E-state index contributed by atoms with van der Waals surface area (Å²) in [7, 11) is 0. The van der Waals surface area contributed by atoms with Crippen molar-refractivity contribution in [1.29, 1.82) is 0 Å². The van der Waals surface area contributed by atoms with Crippen LogP contribution >= 0.6 is 0 Å². The third kappa shape index (κ3) is 2.36. The molecule has 4 nitrogen and oxygen atoms in total. The Hall–Kier alpha value is -2.10. The summed E-state index contributed by atoms with van der Waals surface area (Å²) < 4.78 is 0. The van der Waals surface area contributed by atoms with Crippen LogP contribution in [0.2, 0.25) is 0 Å². The largest absolute Gasteiger partial charge is 0.381 e. The van der Waals surface area contributed by atoms with Crippen molar-refractivity contribution >= 4 is 17.3 Å². The third-order valence-electron chi connectivity index (χ3n) is 2.62. The van der Waals surface area contributed by atoms with Gasteiger partial charge in [-0.2, -0.15) is 0 Å². The quantitative estimate of drug-likeness (QED) is 0.877. The molecule has 1 aromatic heterocycles. The van der Waals surface area contributed by atoms with Crippen molar-refractivity contribution in [3.8, 4) is 0 Å². The summed E-state index contributed by atoms with van der Waals surface area (Å²) >= 11 is 0. The van der Waals surface area contributed by atoms with Crippen LogP contribution in [-0.2, 0) is 0 Å². The van der Waals surface area contributed by atoms with Crippen LogP contribution in [0.3, 0.4) is 0 Å². The van der Waals surface area contributed by atoms with Crippen LogP contribution in [0.15, 0.2) is 36.7 Å². The Kier molecular flexibility index (Phi) is 3.23. The predicted molar refractivity (Wildman–Crippen MR) is 70.3 cm³/mol. The number of anilines is 3. The zero-order valence-electron chi connectivity index (χ0n) is 10.1. The highest BCUT2D eigenvalue weighted by molar-refractivity contribution is 5.68. The highest BCUT2D eigenvalue weighted by Crippen LogP contribution is 2.26. The minimum atomic E-state index is 0.454.